The summed E-state index contributed by atoms with van der Waals surface area (Å²) in [7, 11) is -0.971. The van der Waals surface area contributed by atoms with E-state index in [1.54, 1.807) is 0 Å². The zero-order valence-corrected chi connectivity index (χ0v) is 15.7. The zero-order chi connectivity index (χ0) is 20.5. The van der Waals surface area contributed by atoms with E-state index in [1.165, 1.54) is 44.6 Å². The summed E-state index contributed by atoms with van der Waals surface area (Å²) < 4.78 is 80.2. The van der Waals surface area contributed by atoms with Crippen LogP contribution in [0.25, 0.3) is 0 Å². The topological polar surface area (TPSA) is 78.0 Å². The zero-order valence-electron chi connectivity index (χ0n) is 14.9. The number of alkyl halides is 3. The molecule has 1 aliphatic heterocycles. The largest absolute Gasteiger partial charge is 0.493 e. The van der Waals surface area contributed by atoms with Crippen molar-refractivity contribution in [2.75, 3.05) is 27.3 Å². The summed E-state index contributed by atoms with van der Waals surface area (Å²) in [5, 5.41) is 0. The minimum Gasteiger partial charge on any atom is -0.493 e. The molecular weight excluding hydrogens is 401 g/mol. The highest BCUT2D eigenvalue weighted by Crippen LogP contribution is 2.33. The molecule has 28 heavy (non-hydrogen) atoms. The Bertz CT molecular complexity index is 960. The predicted octanol–water partition coefficient (Wildman–Crippen LogP) is 2.57. The lowest BCUT2D eigenvalue weighted by Gasteiger charge is -2.37. The van der Waals surface area contributed by atoms with Crippen LogP contribution in [0.15, 0.2) is 41.3 Å². The number of methoxy groups -OCH3 is 2. The van der Waals surface area contributed by atoms with Gasteiger partial charge in [-0.15, -0.1) is 0 Å². The molecule has 0 spiro atoms. The van der Waals surface area contributed by atoms with E-state index in [-0.39, 0.29) is 29.6 Å². The van der Waals surface area contributed by atoms with E-state index in [4.69, 9.17) is 14.2 Å². The first kappa shape index (κ1) is 20.2. The normalized spacial score (nSPS) is 15.8. The lowest BCUT2D eigenvalue weighted by Crippen LogP contribution is -2.56. The van der Waals surface area contributed by atoms with Gasteiger partial charge in [0.25, 0.3) is 0 Å². The Morgan fingerprint density at radius 1 is 1.07 bits per heavy atom. The maximum Gasteiger partial charge on any atom is 0.433 e. The lowest BCUT2D eigenvalue weighted by molar-refractivity contribution is -0.141. The molecule has 1 aromatic carbocycles. The van der Waals surface area contributed by atoms with Gasteiger partial charge in [-0.25, -0.2) is 13.4 Å². The van der Waals surface area contributed by atoms with Gasteiger partial charge in [0, 0.05) is 12.1 Å². The lowest BCUT2D eigenvalue weighted by atomic mass is 10.2. The van der Waals surface area contributed by atoms with Crippen molar-refractivity contribution in [3.8, 4) is 17.4 Å². The average molecular weight is 418 g/mol. The third-order valence-electron chi connectivity index (χ3n) is 4.11. The SMILES string of the molecule is COc1ccc(S(=O)(=O)N2CC(Oc3cccc(C(F)(F)F)n3)C2)cc1OC. The van der Waals surface area contributed by atoms with Crippen molar-refractivity contribution in [2.45, 2.75) is 17.2 Å². The van der Waals surface area contributed by atoms with Crippen molar-refractivity contribution in [2.24, 2.45) is 0 Å². The fourth-order valence-corrected chi connectivity index (χ4v) is 4.13. The van der Waals surface area contributed by atoms with Crippen LogP contribution in [0.2, 0.25) is 0 Å². The smallest absolute Gasteiger partial charge is 0.433 e. The molecule has 0 aliphatic carbocycles. The molecule has 0 radical (unpaired) electrons. The summed E-state index contributed by atoms with van der Waals surface area (Å²) in [6.07, 6.45) is -5.17. The summed E-state index contributed by atoms with van der Waals surface area (Å²) >= 11 is 0. The molecule has 0 N–H and O–H groups in total. The van der Waals surface area contributed by atoms with Gasteiger partial charge < -0.3 is 14.2 Å². The third-order valence-corrected chi connectivity index (χ3v) is 5.94. The second kappa shape index (κ2) is 7.47. The second-order valence-electron chi connectivity index (χ2n) is 5.94. The van der Waals surface area contributed by atoms with E-state index < -0.39 is 28.0 Å². The molecular formula is C17H17F3N2O5S. The number of benzene rings is 1. The van der Waals surface area contributed by atoms with Gasteiger partial charge in [0.15, 0.2) is 11.5 Å². The van der Waals surface area contributed by atoms with Crippen LogP contribution in [0.5, 0.6) is 17.4 Å². The van der Waals surface area contributed by atoms with Crippen molar-refractivity contribution in [3.63, 3.8) is 0 Å². The molecule has 2 heterocycles. The van der Waals surface area contributed by atoms with Crippen LogP contribution < -0.4 is 14.2 Å². The quantitative estimate of drug-likeness (QED) is 0.718. The van der Waals surface area contributed by atoms with Gasteiger partial charge in [-0.1, -0.05) is 6.07 Å². The molecule has 0 saturated carbocycles. The molecule has 3 rings (SSSR count). The van der Waals surface area contributed by atoms with Crippen molar-refractivity contribution in [1.82, 2.24) is 9.29 Å². The van der Waals surface area contributed by atoms with Gasteiger partial charge >= 0.3 is 6.18 Å². The number of aromatic nitrogens is 1. The summed E-state index contributed by atoms with van der Waals surface area (Å²) in [5.41, 5.74) is -1.07. The summed E-state index contributed by atoms with van der Waals surface area (Å²) in [5.74, 6) is 0.454. The average Bonchev–Trinajstić information content (AvgIpc) is 2.63. The van der Waals surface area contributed by atoms with E-state index in [0.29, 0.717) is 5.75 Å². The highest BCUT2D eigenvalue weighted by molar-refractivity contribution is 7.89. The van der Waals surface area contributed by atoms with Crippen molar-refractivity contribution in [3.05, 3.63) is 42.1 Å². The highest BCUT2D eigenvalue weighted by atomic mass is 32.2. The van der Waals surface area contributed by atoms with Crippen molar-refractivity contribution < 1.29 is 35.8 Å². The Balaban J connectivity index is 1.68. The van der Waals surface area contributed by atoms with E-state index in [2.05, 4.69) is 4.98 Å². The number of ether oxygens (including phenoxy) is 3. The Morgan fingerprint density at radius 3 is 2.36 bits per heavy atom. The Kier molecular flexibility index (Phi) is 5.39. The monoisotopic (exact) mass is 418 g/mol. The number of nitrogens with zero attached hydrogens (tertiary/aromatic N) is 2. The number of pyridine rings is 1. The fraction of sp³-hybridized carbons (Fsp3) is 0.353. The van der Waals surface area contributed by atoms with Gasteiger partial charge in [-0.3, -0.25) is 0 Å². The van der Waals surface area contributed by atoms with E-state index >= 15 is 0 Å². The van der Waals surface area contributed by atoms with Crippen LogP contribution in [-0.4, -0.2) is 51.1 Å². The maximum atomic E-state index is 12.7. The summed E-state index contributed by atoms with van der Waals surface area (Å²) in [4.78, 5) is 3.42. The molecule has 1 fully saturated rings. The minimum atomic E-state index is -4.58. The molecule has 0 amide bonds. The van der Waals surface area contributed by atoms with Crippen LogP contribution >= 0.6 is 0 Å². The summed E-state index contributed by atoms with van der Waals surface area (Å²) in [6.45, 7) is -0.0107. The van der Waals surface area contributed by atoms with Gasteiger partial charge in [0.1, 0.15) is 11.8 Å². The van der Waals surface area contributed by atoms with Gasteiger partial charge in [0.2, 0.25) is 15.9 Å². The number of halogens is 3. The van der Waals surface area contributed by atoms with Gasteiger partial charge in [-0.2, -0.15) is 17.5 Å². The van der Waals surface area contributed by atoms with E-state index in [1.807, 2.05) is 0 Å². The molecule has 0 atom stereocenters. The Morgan fingerprint density at radius 2 is 1.75 bits per heavy atom. The number of rotatable bonds is 6. The van der Waals surface area contributed by atoms with E-state index in [9.17, 15) is 21.6 Å². The standard InChI is InChI=1S/C17H17F3N2O5S/c1-25-13-7-6-12(8-14(13)26-2)28(23,24)22-9-11(10-22)27-16-5-3-4-15(21-16)17(18,19)20/h3-8,11H,9-10H2,1-2H3. The Hall–Kier alpha value is -2.53. The van der Waals surface area contributed by atoms with Crippen LogP contribution in [-0.2, 0) is 16.2 Å². The first-order valence-electron chi connectivity index (χ1n) is 8.08. The molecule has 0 bridgehead atoms. The summed E-state index contributed by atoms with van der Waals surface area (Å²) in [6, 6.07) is 7.52. The molecule has 7 nitrogen and oxygen atoms in total. The first-order valence-corrected chi connectivity index (χ1v) is 9.52. The third kappa shape index (κ3) is 3.99. The number of hydrogen-bond donors (Lipinski definition) is 0. The van der Waals surface area contributed by atoms with Crippen LogP contribution in [0.4, 0.5) is 13.2 Å². The van der Waals surface area contributed by atoms with Crippen LogP contribution in [0.1, 0.15) is 5.69 Å². The van der Waals surface area contributed by atoms with Crippen molar-refractivity contribution in [1.29, 1.82) is 0 Å². The van der Waals surface area contributed by atoms with Gasteiger partial charge in [0.05, 0.1) is 32.2 Å². The highest BCUT2D eigenvalue weighted by Gasteiger charge is 2.39. The maximum absolute atomic E-state index is 12.7. The number of sulfonamides is 1. The minimum absolute atomic E-state index is 0.00535. The predicted molar refractivity (Wildman–Crippen MR) is 92.0 cm³/mol. The van der Waals surface area contributed by atoms with Crippen LogP contribution in [0, 0.1) is 0 Å². The molecule has 11 heteroatoms. The van der Waals surface area contributed by atoms with E-state index in [0.717, 1.165) is 10.4 Å². The Labute approximate surface area is 159 Å². The van der Waals surface area contributed by atoms with Crippen LogP contribution in [0.3, 0.4) is 0 Å². The molecule has 1 saturated heterocycles. The van der Waals surface area contributed by atoms with Crippen molar-refractivity contribution >= 4 is 10.0 Å². The molecule has 0 unspecified atom stereocenters. The molecule has 1 aliphatic rings. The second-order valence-corrected chi connectivity index (χ2v) is 7.88. The molecule has 1 aromatic heterocycles. The molecule has 2 aromatic rings. The number of hydrogen-bond acceptors (Lipinski definition) is 6. The fourth-order valence-electron chi connectivity index (χ4n) is 2.61. The molecule has 152 valence electrons. The van der Waals surface area contributed by atoms with Gasteiger partial charge in [-0.05, 0) is 18.2 Å². The first-order chi connectivity index (χ1) is 13.1.